The fourth-order valence-electron chi connectivity index (χ4n) is 2.90. The van der Waals surface area contributed by atoms with Crippen LogP contribution in [0.2, 0.25) is 0 Å². The van der Waals surface area contributed by atoms with Gasteiger partial charge in [0.2, 0.25) is 0 Å². The smallest absolute Gasteiger partial charge is 0.130 e. The molecule has 0 saturated carbocycles. The first-order valence-corrected chi connectivity index (χ1v) is 8.34. The van der Waals surface area contributed by atoms with Gasteiger partial charge in [-0.3, -0.25) is 9.88 Å². The van der Waals surface area contributed by atoms with Crippen molar-refractivity contribution in [1.82, 2.24) is 9.88 Å². The number of aliphatic hydroxyl groups excluding tert-OH is 1. The molecule has 2 heterocycles. The van der Waals surface area contributed by atoms with E-state index < -0.39 is 0 Å². The monoisotopic (exact) mass is 328 g/mol. The highest BCUT2D eigenvalue weighted by atomic mass is 16.5. The molecule has 1 aliphatic heterocycles. The van der Waals surface area contributed by atoms with Crippen LogP contribution in [0.15, 0.2) is 42.6 Å². The molecule has 24 heavy (non-hydrogen) atoms. The van der Waals surface area contributed by atoms with Crippen molar-refractivity contribution in [2.24, 2.45) is 0 Å². The maximum absolute atomic E-state index is 9.66. The molecule has 0 atom stereocenters. The lowest BCUT2D eigenvalue weighted by Crippen LogP contribution is -2.35. The van der Waals surface area contributed by atoms with Crippen molar-refractivity contribution in [1.29, 1.82) is 0 Å². The summed E-state index contributed by atoms with van der Waals surface area (Å²) >= 11 is 0. The standard InChI is InChI=1S/C19H24N2O3/c1-23-18-5-6-19(24-14-16-4-2-3-9-20-16)15(12-18)13-21-10-7-17(22)8-11-21/h2-6,9,12,17,22H,7-8,10-11,13-14H2,1H3. The summed E-state index contributed by atoms with van der Waals surface area (Å²) in [6, 6.07) is 11.7. The van der Waals surface area contributed by atoms with Crippen LogP contribution >= 0.6 is 0 Å². The lowest BCUT2D eigenvalue weighted by molar-refractivity contribution is 0.0787. The molecule has 0 spiro atoms. The number of likely N-dealkylation sites (tertiary alicyclic amines) is 1. The van der Waals surface area contributed by atoms with Crippen LogP contribution in [0, 0.1) is 0 Å². The van der Waals surface area contributed by atoms with Crippen LogP contribution in [0.25, 0.3) is 0 Å². The quantitative estimate of drug-likeness (QED) is 0.883. The van der Waals surface area contributed by atoms with Gasteiger partial charge >= 0.3 is 0 Å². The van der Waals surface area contributed by atoms with Crippen LogP contribution in [0.1, 0.15) is 24.1 Å². The average Bonchev–Trinajstić information content (AvgIpc) is 2.63. The molecule has 0 amide bonds. The van der Waals surface area contributed by atoms with Gasteiger partial charge in [-0.2, -0.15) is 0 Å². The molecule has 1 aliphatic rings. The molecule has 1 fully saturated rings. The molecule has 2 aromatic rings. The van der Waals surface area contributed by atoms with Crippen molar-refractivity contribution >= 4 is 0 Å². The topological polar surface area (TPSA) is 54.8 Å². The van der Waals surface area contributed by atoms with Gasteiger partial charge in [-0.05, 0) is 43.2 Å². The number of pyridine rings is 1. The van der Waals surface area contributed by atoms with E-state index in [0.717, 1.165) is 55.2 Å². The molecule has 3 rings (SSSR count). The van der Waals surface area contributed by atoms with E-state index in [-0.39, 0.29) is 6.10 Å². The zero-order chi connectivity index (χ0) is 16.8. The van der Waals surface area contributed by atoms with Crippen LogP contribution in [0.5, 0.6) is 11.5 Å². The van der Waals surface area contributed by atoms with Crippen LogP contribution < -0.4 is 9.47 Å². The molecule has 5 heteroatoms. The number of aromatic nitrogens is 1. The van der Waals surface area contributed by atoms with Gasteiger partial charge in [-0.15, -0.1) is 0 Å². The molecule has 0 radical (unpaired) electrons. The average molecular weight is 328 g/mol. The number of rotatable bonds is 6. The number of hydrogen-bond acceptors (Lipinski definition) is 5. The molecule has 0 aliphatic carbocycles. The summed E-state index contributed by atoms with van der Waals surface area (Å²) in [6.07, 6.45) is 3.26. The molecular formula is C19H24N2O3. The second kappa shape index (κ2) is 8.13. The number of hydrogen-bond donors (Lipinski definition) is 1. The van der Waals surface area contributed by atoms with Crippen molar-refractivity contribution < 1.29 is 14.6 Å². The van der Waals surface area contributed by atoms with Crippen LogP contribution in [0.3, 0.4) is 0 Å². The Morgan fingerprint density at radius 3 is 2.75 bits per heavy atom. The van der Waals surface area contributed by atoms with Gasteiger partial charge in [0.1, 0.15) is 18.1 Å². The minimum atomic E-state index is -0.161. The van der Waals surface area contributed by atoms with Gasteiger partial charge in [-0.1, -0.05) is 6.07 Å². The number of methoxy groups -OCH3 is 1. The van der Waals surface area contributed by atoms with E-state index in [1.807, 2.05) is 36.4 Å². The second-order valence-electron chi connectivity index (χ2n) is 6.09. The van der Waals surface area contributed by atoms with Crippen molar-refractivity contribution in [3.8, 4) is 11.5 Å². The lowest BCUT2D eigenvalue weighted by atomic mass is 10.1. The third-order valence-electron chi connectivity index (χ3n) is 4.32. The third-order valence-corrected chi connectivity index (χ3v) is 4.32. The summed E-state index contributed by atoms with van der Waals surface area (Å²) in [4.78, 5) is 6.64. The first-order valence-electron chi connectivity index (χ1n) is 8.34. The first-order chi connectivity index (χ1) is 11.7. The number of ether oxygens (including phenoxy) is 2. The van der Waals surface area contributed by atoms with Crippen molar-refractivity contribution in [3.63, 3.8) is 0 Å². The molecule has 1 N–H and O–H groups in total. The van der Waals surface area contributed by atoms with E-state index in [1.165, 1.54) is 0 Å². The predicted molar refractivity (Wildman–Crippen MR) is 92.1 cm³/mol. The second-order valence-corrected chi connectivity index (χ2v) is 6.09. The minimum absolute atomic E-state index is 0.161. The molecule has 1 aromatic carbocycles. The Balaban J connectivity index is 1.70. The van der Waals surface area contributed by atoms with Gasteiger partial charge in [0.05, 0.1) is 18.9 Å². The van der Waals surface area contributed by atoms with E-state index >= 15 is 0 Å². The van der Waals surface area contributed by atoms with E-state index in [4.69, 9.17) is 9.47 Å². The van der Waals surface area contributed by atoms with Crippen LogP contribution in [0.4, 0.5) is 0 Å². The van der Waals surface area contributed by atoms with E-state index in [1.54, 1.807) is 13.3 Å². The number of aliphatic hydroxyl groups is 1. The normalized spacial score (nSPS) is 16.1. The summed E-state index contributed by atoms with van der Waals surface area (Å²) in [5, 5.41) is 9.66. The Morgan fingerprint density at radius 1 is 1.21 bits per heavy atom. The highest BCUT2D eigenvalue weighted by Crippen LogP contribution is 2.27. The number of benzene rings is 1. The van der Waals surface area contributed by atoms with Crippen LogP contribution in [-0.4, -0.2) is 41.3 Å². The molecule has 5 nitrogen and oxygen atoms in total. The van der Waals surface area contributed by atoms with Gasteiger partial charge in [0.25, 0.3) is 0 Å². The molecular weight excluding hydrogens is 304 g/mol. The molecule has 1 saturated heterocycles. The highest BCUT2D eigenvalue weighted by molar-refractivity contribution is 5.40. The molecule has 0 bridgehead atoms. The summed E-state index contributed by atoms with van der Waals surface area (Å²) in [6.45, 7) is 3.04. The number of nitrogens with zero attached hydrogens (tertiary/aromatic N) is 2. The molecule has 1 aromatic heterocycles. The Labute approximate surface area is 142 Å². The third kappa shape index (κ3) is 4.46. The lowest BCUT2D eigenvalue weighted by Gasteiger charge is -2.30. The number of piperidine rings is 1. The van der Waals surface area contributed by atoms with Gasteiger partial charge in [0.15, 0.2) is 0 Å². The van der Waals surface area contributed by atoms with Crippen molar-refractivity contribution in [2.45, 2.75) is 32.1 Å². The summed E-state index contributed by atoms with van der Waals surface area (Å²) in [5.41, 5.74) is 2.00. The van der Waals surface area contributed by atoms with Gasteiger partial charge in [0, 0.05) is 31.4 Å². The fourth-order valence-corrected chi connectivity index (χ4v) is 2.90. The largest absolute Gasteiger partial charge is 0.497 e. The summed E-state index contributed by atoms with van der Waals surface area (Å²) < 4.78 is 11.3. The molecule has 0 unspecified atom stereocenters. The zero-order valence-corrected chi connectivity index (χ0v) is 14.0. The zero-order valence-electron chi connectivity index (χ0n) is 14.0. The fraction of sp³-hybridized carbons (Fsp3) is 0.421. The highest BCUT2D eigenvalue weighted by Gasteiger charge is 2.18. The Morgan fingerprint density at radius 2 is 2.04 bits per heavy atom. The van der Waals surface area contributed by atoms with Crippen LogP contribution in [-0.2, 0) is 13.2 Å². The summed E-state index contributed by atoms with van der Waals surface area (Å²) in [5.74, 6) is 1.68. The molecule has 128 valence electrons. The predicted octanol–water partition coefficient (Wildman–Crippen LogP) is 2.63. The Bertz CT molecular complexity index is 640. The Hall–Kier alpha value is -2.11. The van der Waals surface area contributed by atoms with Crippen molar-refractivity contribution in [3.05, 3.63) is 53.9 Å². The first kappa shape index (κ1) is 16.7. The SMILES string of the molecule is COc1ccc(OCc2ccccn2)c(CN2CCC(O)CC2)c1. The van der Waals surface area contributed by atoms with Gasteiger partial charge in [-0.25, -0.2) is 0 Å². The van der Waals surface area contributed by atoms with E-state index in [0.29, 0.717) is 6.61 Å². The summed E-state index contributed by atoms with van der Waals surface area (Å²) in [7, 11) is 1.67. The maximum Gasteiger partial charge on any atom is 0.130 e. The van der Waals surface area contributed by atoms with E-state index in [9.17, 15) is 5.11 Å². The minimum Gasteiger partial charge on any atom is -0.497 e. The van der Waals surface area contributed by atoms with Gasteiger partial charge < -0.3 is 14.6 Å². The van der Waals surface area contributed by atoms with Crippen molar-refractivity contribution in [2.75, 3.05) is 20.2 Å². The maximum atomic E-state index is 9.66. The Kier molecular flexibility index (Phi) is 5.67. The van der Waals surface area contributed by atoms with E-state index in [2.05, 4.69) is 9.88 Å².